The average Bonchev–Trinajstić information content (AvgIpc) is 2.93. The summed E-state index contributed by atoms with van der Waals surface area (Å²) < 4.78 is 5.16. The Hall–Kier alpha value is -2.63. The summed E-state index contributed by atoms with van der Waals surface area (Å²) in [7, 11) is 0. The van der Waals surface area contributed by atoms with E-state index in [2.05, 4.69) is 10.5 Å². The maximum absolute atomic E-state index is 12.5. The first-order valence-electron chi connectivity index (χ1n) is 7.92. The molecule has 2 rings (SSSR count). The van der Waals surface area contributed by atoms with Crippen LogP contribution in [0.2, 0.25) is 0 Å². The van der Waals surface area contributed by atoms with Gasteiger partial charge >= 0.3 is 5.97 Å². The quantitative estimate of drug-likeness (QED) is 0.813. The number of aryl methyl sites for hydroxylation is 1. The molecule has 0 spiro atoms. The van der Waals surface area contributed by atoms with Gasteiger partial charge in [0.15, 0.2) is 0 Å². The number of benzene rings is 1. The van der Waals surface area contributed by atoms with E-state index < -0.39 is 11.9 Å². The molecule has 1 atom stereocenters. The van der Waals surface area contributed by atoms with E-state index in [1.54, 1.807) is 6.92 Å². The molecule has 1 aromatic carbocycles. The van der Waals surface area contributed by atoms with Gasteiger partial charge in [-0.15, -0.1) is 0 Å². The number of aliphatic carboxylic acids is 1. The van der Waals surface area contributed by atoms with E-state index in [0.717, 1.165) is 5.56 Å². The molecule has 6 nitrogen and oxygen atoms in total. The van der Waals surface area contributed by atoms with Crippen LogP contribution >= 0.6 is 0 Å². The van der Waals surface area contributed by atoms with Crippen LogP contribution < -0.4 is 5.32 Å². The molecule has 6 heteroatoms. The summed E-state index contributed by atoms with van der Waals surface area (Å²) in [6.07, 6.45) is 0.504. The second-order valence-electron chi connectivity index (χ2n) is 6.20. The SMILES string of the molecule is Cc1onc(-c2ccccc2)c1C(=O)NCC(CC(C)C)C(=O)O. The van der Waals surface area contributed by atoms with E-state index in [1.165, 1.54) is 0 Å². The summed E-state index contributed by atoms with van der Waals surface area (Å²) in [5.74, 6) is -1.26. The van der Waals surface area contributed by atoms with Crippen LogP contribution in [0.15, 0.2) is 34.9 Å². The normalized spacial score (nSPS) is 12.2. The monoisotopic (exact) mass is 330 g/mol. The van der Waals surface area contributed by atoms with Crippen molar-refractivity contribution in [1.29, 1.82) is 0 Å². The first-order valence-corrected chi connectivity index (χ1v) is 7.92. The number of carbonyl (C=O) groups is 2. The molecule has 0 fully saturated rings. The first-order chi connectivity index (χ1) is 11.4. The summed E-state index contributed by atoms with van der Waals surface area (Å²) in [6, 6.07) is 9.26. The number of amides is 1. The van der Waals surface area contributed by atoms with Crippen molar-refractivity contribution in [1.82, 2.24) is 10.5 Å². The van der Waals surface area contributed by atoms with Gasteiger partial charge in [0.1, 0.15) is 17.0 Å². The predicted molar refractivity (Wildman–Crippen MR) is 89.6 cm³/mol. The summed E-state index contributed by atoms with van der Waals surface area (Å²) in [5, 5.41) is 15.9. The molecule has 0 saturated carbocycles. The fourth-order valence-corrected chi connectivity index (χ4v) is 2.58. The van der Waals surface area contributed by atoms with Crippen LogP contribution in [0.5, 0.6) is 0 Å². The van der Waals surface area contributed by atoms with Gasteiger partial charge in [-0.2, -0.15) is 0 Å². The minimum Gasteiger partial charge on any atom is -0.481 e. The van der Waals surface area contributed by atoms with E-state index in [-0.39, 0.29) is 18.4 Å². The molecule has 128 valence electrons. The van der Waals surface area contributed by atoms with E-state index >= 15 is 0 Å². The zero-order valence-corrected chi connectivity index (χ0v) is 14.1. The Kier molecular flexibility index (Phi) is 5.73. The van der Waals surface area contributed by atoms with Crippen LogP contribution in [0, 0.1) is 18.8 Å². The Morgan fingerprint density at radius 1 is 1.25 bits per heavy atom. The lowest BCUT2D eigenvalue weighted by Gasteiger charge is -2.15. The predicted octanol–water partition coefficient (Wildman–Crippen LogP) is 3.13. The highest BCUT2D eigenvalue weighted by atomic mass is 16.5. The fourth-order valence-electron chi connectivity index (χ4n) is 2.58. The zero-order chi connectivity index (χ0) is 17.7. The van der Waals surface area contributed by atoms with Crippen LogP contribution in [0.3, 0.4) is 0 Å². The van der Waals surface area contributed by atoms with Crippen molar-refractivity contribution in [3.63, 3.8) is 0 Å². The molecule has 1 amide bonds. The molecule has 0 aliphatic carbocycles. The lowest BCUT2D eigenvalue weighted by Crippen LogP contribution is -2.34. The van der Waals surface area contributed by atoms with Gasteiger partial charge in [-0.05, 0) is 19.3 Å². The highest BCUT2D eigenvalue weighted by Crippen LogP contribution is 2.25. The third-order valence-corrected chi connectivity index (χ3v) is 3.75. The number of carboxylic acid groups (broad SMARTS) is 1. The van der Waals surface area contributed by atoms with Crippen molar-refractivity contribution in [3.8, 4) is 11.3 Å². The Morgan fingerprint density at radius 3 is 2.50 bits per heavy atom. The van der Waals surface area contributed by atoms with Gasteiger partial charge in [0.2, 0.25) is 0 Å². The zero-order valence-electron chi connectivity index (χ0n) is 14.1. The average molecular weight is 330 g/mol. The Bertz CT molecular complexity index is 707. The Balaban J connectivity index is 2.16. The third kappa shape index (κ3) is 4.22. The summed E-state index contributed by atoms with van der Waals surface area (Å²) in [5.41, 5.74) is 1.58. The lowest BCUT2D eigenvalue weighted by atomic mass is 9.97. The molecule has 0 radical (unpaired) electrons. The lowest BCUT2D eigenvalue weighted by molar-refractivity contribution is -0.142. The van der Waals surface area contributed by atoms with Crippen molar-refractivity contribution in [3.05, 3.63) is 41.7 Å². The molecule has 2 aromatic rings. The highest BCUT2D eigenvalue weighted by molar-refractivity contribution is 6.00. The van der Waals surface area contributed by atoms with Crippen LogP contribution in [0.4, 0.5) is 0 Å². The summed E-state index contributed by atoms with van der Waals surface area (Å²) in [4.78, 5) is 23.8. The van der Waals surface area contributed by atoms with Crippen molar-refractivity contribution >= 4 is 11.9 Å². The molecular weight excluding hydrogens is 308 g/mol. The number of nitrogens with zero attached hydrogens (tertiary/aromatic N) is 1. The first kappa shape index (κ1) is 17.7. The van der Waals surface area contributed by atoms with Gasteiger partial charge in [-0.1, -0.05) is 49.3 Å². The van der Waals surface area contributed by atoms with Crippen LogP contribution in [0.25, 0.3) is 11.3 Å². The molecule has 1 heterocycles. The maximum atomic E-state index is 12.5. The van der Waals surface area contributed by atoms with Crippen molar-refractivity contribution in [2.45, 2.75) is 27.2 Å². The Labute approximate surface area is 140 Å². The van der Waals surface area contributed by atoms with Crippen molar-refractivity contribution in [2.75, 3.05) is 6.54 Å². The molecule has 0 aliphatic heterocycles. The van der Waals surface area contributed by atoms with E-state index in [4.69, 9.17) is 4.52 Å². The number of carbonyl (C=O) groups excluding carboxylic acids is 1. The van der Waals surface area contributed by atoms with Gasteiger partial charge in [0.25, 0.3) is 5.91 Å². The molecule has 0 bridgehead atoms. The largest absolute Gasteiger partial charge is 0.481 e. The summed E-state index contributed by atoms with van der Waals surface area (Å²) in [6.45, 7) is 5.65. The Morgan fingerprint density at radius 2 is 1.92 bits per heavy atom. The standard InChI is InChI=1S/C18H22N2O4/c1-11(2)9-14(18(22)23)10-19-17(21)15-12(3)24-20-16(15)13-7-5-4-6-8-13/h4-8,11,14H,9-10H2,1-3H3,(H,19,21)(H,22,23). The van der Waals surface area contributed by atoms with Crippen LogP contribution in [-0.2, 0) is 4.79 Å². The van der Waals surface area contributed by atoms with Gasteiger partial charge in [0, 0.05) is 12.1 Å². The second kappa shape index (κ2) is 7.77. The third-order valence-electron chi connectivity index (χ3n) is 3.75. The molecule has 0 saturated heterocycles. The van der Waals surface area contributed by atoms with E-state index in [0.29, 0.717) is 23.4 Å². The van der Waals surface area contributed by atoms with Gasteiger partial charge < -0.3 is 14.9 Å². The van der Waals surface area contributed by atoms with Crippen molar-refractivity contribution < 1.29 is 19.2 Å². The van der Waals surface area contributed by atoms with Gasteiger partial charge in [-0.3, -0.25) is 9.59 Å². The van der Waals surface area contributed by atoms with Gasteiger partial charge in [-0.25, -0.2) is 0 Å². The number of hydrogen-bond donors (Lipinski definition) is 2. The van der Waals surface area contributed by atoms with E-state index in [9.17, 15) is 14.7 Å². The number of nitrogens with one attached hydrogen (secondary N) is 1. The number of rotatable bonds is 7. The molecular formula is C18H22N2O4. The topological polar surface area (TPSA) is 92.4 Å². The van der Waals surface area contributed by atoms with Crippen LogP contribution in [0.1, 0.15) is 36.4 Å². The summed E-state index contributed by atoms with van der Waals surface area (Å²) >= 11 is 0. The van der Waals surface area contributed by atoms with Crippen LogP contribution in [-0.4, -0.2) is 28.7 Å². The molecule has 24 heavy (non-hydrogen) atoms. The smallest absolute Gasteiger partial charge is 0.308 e. The molecule has 2 N–H and O–H groups in total. The van der Waals surface area contributed by atoms with Crippen molar-refractivity contribution in [2.24, 2.45) is 11.8 Å². The number of carboxylic acids is 1. The fraction of sp³-hybridized carbons (Fsp3) is 0.389. The van der Waals surface area contributed by atoms with E-state index in [1.807, 2.05) is 44.2 Å². The molecule has 0 aliphatic rings. The molecule has 1 aromatic heterocycles. The highest BCUT2D eigenvalue weighted by Gasteiger charge is 2.24. The minimum atomic E-state index is -0.908. The van der Waals surface area contributed by atoms with Gasteiger partial charge in [0.05, 0.1) is 5.92 Å². The minimum absolute atomic E-state index is 0.0746. The molecule has 1 unspecified atom stereocenters. The number of aromatic nitrogens is 1. The maximum Gasteiger partial charge on any atom is 0.308 e. The second-order valence-corrected chi connectivity index (χ2v) is 6.20. The number of hydrogen-bond acceptors (Lipinski definition) is 4.